The average molecular weight is 619 g/mol. The minimum Gasteiger partial charge on any atom is -0.397 e. The molecule has 3 aromatic rings. The van der Waals surface area contributed by atoms with Gasteiger partial charge in [-0.15, -0.1) is 11.8 Å². The van der Waals surface area contributed by atoms with Gasteiger partial charge in [0.15, 0.2) is 0 Å². The van der Waals surface area contributed by atoms with Crippen LogP contribution in [0.15, 0.2) is 71.6 Å². The first-order valence-corrected chi connectivity index (χ1v) is 15.1. The molecule has 1 saturated heterocycles. The van der Waals surface area contributed by atoms with Gasteiger partial charge in [-0.05, 0) is 48.6 Å². The van der Waals surface area contributed by atoms with E-state index in [9.17, 15) is 23.2 Å². The number of carbonyl (C=O) groups excluding carboxylic acids is 3. The molecule has 1 aliphatic carbocycles. The zero-order valence-corrected chi connectivity index (χ0v) is 24.8. The maximum absolute atomic E-state index is 13.2. The number of anilines is 3. The molecule has 3 amide bonds. The van der Waals surface area contributed by atoms with Gasteiger partial charge in [0.25, 0.3) is 5.92 Å². The summed E-state index contributed by atoms with van der Waals surface area (Å²) in [6.45, 7) is 0.772. The zero-order chi connectivity index (χ0) is 31.9. The van der Waals surface area contributed by atoms with Gasteiger partial charge in [0, 0.05) is 54.2 Å². The highest BCUT2D eigenvalue weighted by atomic mass is 32.2. The van der Waals surface area contributed by atoms with E-state index in [0.717, 1.165) is 29.8 Å². The van der Waals surface area contributed by atoms with Crippen LogP contribution in [0.3, 0.4) is 0 Å². The van der Waals surface area contributed by atoms with Crippen molar-refractivity contribution in [3.05, 3.63) is 83.4 Å². The quantitative estimate of drug-likeness (QED) is 0.129. The first kappa shape index (κ1) is 32.2. The lowest BCUT2D eigenvalue weighted by atomic mass is 9.87. The van der Waals surface area contributed by atoms with Crippen LogP contribution in [0.4, 0.5) is 25.8 Å². The number of amides is 3. The summed E-state index contributed by atoms with van der Waals surface area (Å²) in [6.07, 6.45) is 4.07. The van der Waals surface area contributed by atoms with Crippen molar-refractivity contribution >= 4 is 53.3 Å². The van der Waals surface area contributed by atoms with Crippen LogP contribution >= 0.6 is 11.8 Å². The van der Waals surface area contributed by atoms with Crippen molar-refractivity contribution < 1.29 is 23.2 Å². The second kappa shape index (κ2) is 14.1. The Balaban J connectivity index is 0.000000262. The molecule has 3 aromatic carbocycles. The molecular weight excluding hydrogens is 586 g/mol. The number of alkyl halides is 2. The molecule has 1 atom stereocenters. The Kier molecular flexibility index (Phi) is 10.3. The van der Waals surface area contributed by atoms with Crippen LogP contribution in [-0.2, 0) is 14.4 Å². The normalized spacial score (nSPS) is 16.0. The molecule has 2 aliphatic rings. The van der Waals surface area contributed by atoms with E-state index in [1.54, 1.807) is 53.4 Å². The molecule has 0 aromatic heterocycles. The number of nitriles is 1. The summed E-state index contributed by atoms with van der Waals surface area (Å²) >= 11 is 1.40. The molecule has 228 valence electrons. The Bertz CT molecular complexity index is 1590. The number of para-hydroxylation sites is 1. The second-order valence-corrected chi connectivity index (χ2v) is 11.2. The number of benzene rings is 3. The standard InChI is InChI=1S/C21H22F2N4O2S.C11H10N2O/c1-30-17-8-3-2-6-15(17)19(20(29)26-14-9-21(22,23)10-14)27(12-28)16-7-4-5-13(11-24)18(16)25;12-8-9-3-1-4-10(7-9)13-6-2-5-11(13)14/h2-8,11-12,14,19,24H,9-10,25H2,1H3,(H,26,29);1,3-4,7H,2,5-6H2. The summed E-state index contributed by atoms with van der Waals surface area (Å²) in [6, 6.07) is 19.4. The van der Waals surface area contributed by atoms with E-state index in [1.807, 2.05) is 24.5 Å². The lowest BCUT2D eigenvalue weighted by molar-refractivity contribution is -0.131. The Labute approximate surface area is 258 Å². The number of halogens is 2. The minimum absolute atomic E-state index is 0.153. The van der Waals surface area contributed by atoms with E-state index in [-0.39, 0.29) is 17.3 Å². The maximum atomic E-state index is 13.2. The Morgan fingerprint density at radius 3 is 2.55 bits per heavy atom. The van der Waals surface area contributed by atoms with Crippen LogP contribution < -0.4 is 20.9 Å². The number of hydrogen-bond acceptors (Lipinski definition) is 7. The molecule has 1 saturated carbocycles. The van der Waals surface area contributed by atoms with E-state index in [1.165, 1.54) is 16.7 Å². The second-order valence-electron chi connectivity index (χ2n) is 10.4. The third-order valence-corrected chi connectivity index (χ3v) is 8.23. The van der Waals surface area contributed by atoms with E-state index in [2.05, 4.69) is 11.4 Å². The summed E-state index contributed by atoms with van der Waals surface area (Å²) in [5.41, 5.74) is 8.98. The van der Waals surface area contributed by atoms with Gasteiger partial charge in [-0.3, -0.25) is 19.3 Å². The van der Waals surface area contributed by atoms with Crippen molar-refractivity contribution in [1.29, 1.82) is 10.7 Å². The smallest absolute Gasteiger partial charge is 0.252 e. The number of rotatable bonds is 9. The summed E-state index contributed by atoms with van der Waals surface area (Å²) in [5.74, 6) is -3.19. The molecule has 44 heavy (non-hydrogen) atoms. The van der Waals surface area contributed by atoms with E-state index in [4.69, 9.17) is 16.4 Å². The lowest BCUT2D eigenvalue weighted by Crippen LogP contribution is -2.53. The van der Waals surface area contributed by atoms with Gasteiger partial charge in [-0.2, -0.15) is 5.26 Å². The summed E-state index contributed by atoms with van der Waals surface area (Å²) < 4.78 is 26.5. The van der Waals surface area contributed by atoms with Crippen LogP contribution in [0, 0.1) is 16.7 Å². The molecule has 1 unspecified atom stereocenters. The first-order chi connectivity index (χ1) is 21.1. The summed E-state index contributed by atoms with van der Waals surface area (Å²) in [5, 5.41) is 18.9. The molecule has 9 nitrogen and oxygen atoms in total. The molecule has 0 spiro atoms. The number of nitrogen functional groups attached to an aromatic ring is 1. The highest BCUT2D eigenvalue weighted by Crippen LogP contribution is 2.39. The number of nitrogens with one attached hydrogen (secondary N) is 2. The first-order valence-electron chi connectivity index (χ1n) is 13.9. The van der Waals surface area contributed by atoms with Crippen molar-refractivity contribution in [2.45, 2.75) is 48.6 Å². The molecule has 12 heteroatoms. The third-order valence-electron chi connectivity index (χ3n) is 7.42. The van der Waals surface area contributed by atoms with Crippen molar-refractivity contribution in [2.75, 3.05) is 28.3 Å². The van der Waals surface area contributed by atoms with Crippen molar-refractivity contribution in [1.82, 2.24) is 5.32 Å². The largest absolute Gasteiger partial charge is 0.397 e. The Morgan fingerprint density at radius 1 is 1.20 bits per heavy atom. The number of thioether (sulfide) groups is 1. The van der Waals surface area contributed by atoms with Gasteiger partial charge >= 0.3 is 0 Å². The van der Waals surface area contributed by atoms with Gasteiger partial charge < -0.3 is 21.4 Å². The van der Waals surface area contributed by atoms with Crippen molar-refractivity contribution in [3.63, 3.8) is 0 Å². The predicted octanol–water partition coefficient (Wildman–Crippen LogP) is 5.29. The van der Waals surface area contributed by atoms with Crippen LogP contribution in [0.1, 0.15) is 48.4 Å². The van der Waals surface area contributed by atoms with Gasteiger partial charge in [0.05, 0.1) is 23.0 Å². The number of hydrogen-bond donors (Lipinski definition) is 3. The molecule has 1 heterocycles. The monoisotopic (exact) mass is 618 g/mol. The van der Waals surface area contributed by atoms with E-state index >= 15 is 0 Å². The molecular formula is C32H32F2N6O3S. The van der Waals surface area contributed by atoms with Crippen LogP contribution in [0.5, 0.6) is 0 Å². The zero-order valence-electron chi connectivity index (χ0n) is 24.0. The summed E-state index contributed by atoms with van der Waals surface area (Å²) in [7, 11) is 0. The number of nitrogens with two attached hydrogens (primary N) is 1. The highest BCUT2D eigenvalue weighted by molar-refractivity contribution is 7.98. The fourth-order valence-corrected chi connectivity index (χ4v) is 5.83. The van der Waals surface area contributed by atoms with Crippen molar-refractivity contribution in [2.24, 2.45) is 0 Å². The SMILES string of the molecule is CSc1ccccc1C(C(=O)NC1CC(F)(F)C1)N(C=O)c1cccc(C=N)c1N.N#Cc1cccc(N2CCCC2=O)c1. The number of carbonyl (C=O) groups is 3. The Morgan fingerprint density at radius 2 is 1.93 bits per heavy atom. The molecule has 5 rings (SSSR count). The molecule has 4 N–H and O–H groups in total. The van der Waals surface area contributed by atoms with Gasteiger partial charge in [0.1, 0.15) is 6.04 Å². The van der Waals surface area contributed by atoms with E-state index < -0.39 is 36.8 Å². The minimum atomic E-state index is -2.78. The molecule has 0 bridgehead atoms. The molecule has 0 radical (unpaired) electrons. The van der Waals surface area contributed by atoms with Crippen LogP contribution in [-0.4, -0.2) is 49.2 Å². The van der Waals surface area contributed by atoms with E-state index in [0.29, 0.717) is 29.5 Å². The predicted molar refractivity (Wildman–Crippen MR) is 167 cm³/mol. The third kappa shape index (κ3) is 7.23. The molecule has 2 fully saturated rings. The van der Waals surface area contributed by atoms with Gasteiger partial charge in [-0.25, -0.2) is 8.78 Å². The van der Waals surface area contributed by atoms with Crippen LogP contribution in [0.25, 0.3) is 0 Å². The van der Waals surface area contributed by atoms with Crippen LogP contribution in [0.2, 0.25) is 0 Å². The maximum Gasteiger partial charge on any atom is 0.252 e. The van der Waals surface area contributed by atoms with Crippen molar-refractivity contribution in [3.8, 4) is 6.07 Å². The average Bonchev–Trinajstić information content (AvgIpc) is 3.45. The fourth-order valence-electron chi connectivity index (χ4n) is 5.20. The number of nitrogens with zero attached hydrogens (tertiary/aromatic N) is 3. The fraction of sp³-hybridized carbons (Fsp3) is 0.281. The Hall–Kier alpha value is -4.76. The lowest BCUT2D eigenvalue weighted by Gasteiger charge is -2.37. The van der Waals surface area contributed by atoms with Gasteiger partial charge in [-0.1, -0.05) is 36.4 Å². The van der Waals surface area contributed by atoms with Gasteiger partial charge in [0.2, 0.25) is 18.2 Å². The highest BCUT2D eigenvalue weighted by Gasteiger charge is 2.47. The summed E-state index contributed by atoms with van der Waals surface area (Å²) in [4.78, 5) is 40.5. The molecule has 1 aliphatic heterocycles. The topological polar surface area (TPSA) is 143 Å².